The van der Waals surface area contributed by atoms with Crippen LogP contribution in [0.25, 0.3) is 0 Å². The number of ether oxygens (including phenoxy) is 6. The maximum absolute atomic E-state index is 6.01. The Kier molecular flexibility index (Phi) is 14.9. The van der Waals surface area contributed by atoms with Gasteiger partial charge in [-0.1, -0.05) is 36.4 Å². The molecule has 1 heterocycles. The minimum atomic E-state index is 0.229. The second-order valence-corrected chi connectivity index (χ2v) is 11.5. The Morgan fingerprint density at radius 3 is 1.60 bits per heavy atom. The summed E-state index contributed by atoms with van der Waals surface area (Å²) in [6.07, 6.45) is 0.947. The lowest BCUT2D eigenvalue weighted by Crippen LogP contribution is -3.19. The first-order valence-corrected chi connectivity index (χ1v) is 15.9. The number of nitrogens with one attached hydrogen (secondary N) is 2. The molecule has 0 aromatic heterocycles. The Bertz CT molecular complexity index is 1210. The lowest BCUT2D eigenvalue weighted by molar-refractivity contribution is -0.968. The number of quaternary nitrogens is 3. The van der Waals surface area contributed by atoms with E-state index in [-0.39, 0.29) is 20.4 Å². The molecule has 3 aromatic rings. The van der Waals surface area contributed by atoms with Crippen molar-refractivity contribution in [3.63, 3.8) is 0 Å². The van der Waals surface area contributed by atoms with Gasteiger partial charge in [-0.3, -0.25) is 4.90 Å². The first kappa shape index (κ1) is 34.6. The zero-order valence-electron chi connectivity index (χ0n) is 27.4. The van der Waals surface area contributed by atoms with Crippen molar-refractivity contribution in [2.45, 2.75) is 26.1 Å². The third-order valence-electron chi connectivity index (χ3n) is 8.20. The SMILES string of the molecule is COCOc1ccc(CC[NH3+])cc1CN1CC[NH+](Cc2ccccc2OCOC)CC[NH+](Cc2ccccc2OCOC)CC1. The molecule has 4 rings (SSSR count). The van der Waals surface area contributed by atoms with Gasteiger partial charge in [0.15, 0.2) is 20.4 Å². The van der Waals surface area contributed by atoms with Gasteiger partial charge in [0.2, 0.25) is 0 Å². The van der Waals surface area contributed by atoms with E-state index in [1.165, 1.54) is 32.1 Å². The maximum Gasteiger partial charge on any atom is 0.188 e. The van der Waals surface area contributed by atoms with Gasteiger partial charge in [-0.2, -0.15) is 0 Å². The number of para-hydroxylation sites is 2. The van der Waals surface area contributed by atoms with Gasteiger partial charge < -0.3 is 44.0 Å². The quantitative estimate of drug-likeness (QED) is 0.187. The number of hydrogen-bond acceptors (Lipinski definition) is 7. The Balaban J connectivity index is 1.57. The molecule has 0 bridgehead atoms. The molecule has 1 saturated heterocycles. The predicted octanol–water partition coefficient (Wildman–Crippen LogP) is 0.405. The summed E-state index contributed by atoms with van der Waals surface area (Å²) in [5.41, 5.74) is 8.94. The summed E-state index contributed by atoms with van der Waals surface area (Å²) in [5, 5.41) is 0. The fourth-order valence-electron chi connectivity index (χ4n) is 5.84. The van der Waals surface area contributed by atoms with E-state index in [4.69, 9.17) is 28.4 Å². The Morgan fingerprint density at radius 2 is 1.11 bits per heavy atom. The maximum atomic E-state index is 6.01. The van der Waals surface area contributed by atoms with Gasteiger partial charge in [-0.05, 0) is 35.9 Å². The molecule has 2 atom stereocenters. The van der Waals surface area contributed by atoms with Crippen molar-refractivity contribution in [3.8, 4) is 17.2 Å². The zero-order valence-corrected chi connectivity index (χ0v) is 27.4. The monoisotopic (exact) mass is 625 g/mol. The van der Waals surface area contributed by atoms with E-state index in [0.29, 0.717) is 0 Å². The molecule has 5 N–H and O–H groups in total. The van der Waals surface area contributed by atoms with Crippen LogP contribution < -0.4 is 29.7 Å². The summed E-state index contributed by atoms with van der Waals surface area (Å²) >= 11 is 0. The van der Waals surface area contributed by atoms with E-state index in [2.05, 4.69) is 53.1 Å². The molecule has 0 radical (unpaired) electrons. The van der Waals surface area contributed by atoms with Crippen LogP contribution in [0.1, 0.15) is 22.3 Å². The molecule has 0 aliphatic carbocycles. The summed E-state index contributed by atoms with van der Waals surface area (Å²) in [4.78, 5) is 5.63. The number of benzene rings is 3. The van der Waals surface area contributed by atoms with Crippen molar-refractivity contribution < 1.29 is 44.0 Å². The number of rotatable bonds is 17. The van der Waals surface area contributed by atoms with Crippen molar-refractivity contribution in [1.82, 2.24) is 4.90 Å². The molecule has 0 spiro atoms. The van der Waals surface area contributed by atoms with Gasteiger partial charge in [0, 0.05) is 64.1 Å². The van der Waals surface area contributed by atoms with E-state index >= 15 is 0 Å². The molecule has 10 nitrogen and oxygen atoms in total. The summed E-state index contributed by atoms with van der Waals surface area (Å²) < 4.78 is 33.5. The molecule has 0 amide bonds. The molecule has 246 valence electrons. The smallest absolute Gasteiger partial charge is 0.188 e. The Labute approximate surface area is 268 Å². The van der Waals surface area contributed by atoms with Gasteiger partial charge in [0.1, 0.15) is 43.4 Å². The highest BCUT2D eigenvalue weighted by atomic mass is 16.7. The van der Waals surface area contributed by atoms with Crippen molar-refractivity contribution in [1.29, 1.82) is 0 Å². The lowest BCUT2D eigenvalue weighted by atomic mass is 10.1. The second kappa shape index (κ2) is 19.3. The van der Waals surface area contributed by atoms with Gasteiger partial charge in [0.25, 0.3) is 0 Å². The van der Waals surface area contributed by atoms with Crippen molar-refractivity contribution in [2.24, 2.45) is 0 Å². The highest BCUT2D eigenvalue weighted by Crippen LogP contribution is 2.23. The van der Waals surface area contributed by atoms with Crippen LogP contribution in [0.5, 0.6) is 17.2 Å². The lowest BCUT2D eigenvalue weighted by Gasteiger charge is -2.25. The van der Waals surface area contributed by atoms with Crippen LogP contribution in [0.2, 0.25) is 0 Å². The molecule has 45 heavy (non-hydrogen) atoms. The fraction of sp³-hybridized carbons (Fsp3) is 0.486. The average Bonchev–Trinajstić information content (AvgIpc) is 3.15. The standard InChI is InChI=1S/C35H50N4O6/c1-40-26-43-33-10-6-4-8-30(33)23-37-16-17-38(24-31-9-5-7-11-34(31)44-27-41-2)19-21-39(20-18-37)25-32-22-29(14-15-36)12-13-35(32)45-28-42-3/h4-13,22H,14-21,23-28,36H2,1-3H3/p+3. The molecule has 2 unspecified atom stereocenters. The van der Waals surface area contributed by atoms with Crippen LogP contribution >= 0.6 is 0 Å². The highest BCUT2D eigenvalue weighted by molar-refractivity contribution is 5.37. The van der Waals surface area contributed by atoms with Crippen LogP contribution in [0.3, 0.4) is 0 Å². The topological polar surface area (TPSA) is 95.1 Å². The second-order valence-electron chi connectivity index (χ2n) is 11.5. The van der Waals surface area contributed by atoms with Crippen LogP contribution in [-0.4, -0.2) is 92.4 Å². The molecule has 0 saturated carbocycles. The highest BCUT2D eigenvalue weighted by Gasteiger charge is 2.24. The summed E-state index contributed by atoms with van der Waals surface area (Å²) in [6.45, 7) is 10.2. The number of methoxy groups -OCH3 is 3. The van der Waals surface area contributed by atoms with Gasteiger partial charge in [0.05, 0.1) is 19.6 Å². The van der Waals surface area contributed by atoms with Crippen LogP contribution in [0.15, 0.2) is 66.7 Å². The molecular formula is C35H53N4O6+3. The van der Waals surface area contributed by atoms with Gasteiger partial charge in [-0.25, -0.2) is 0 Å². The Hall–Kier alpha value is -3.22. The summed E-state index contributed by atoms with van der Waals surface area (Å²) in [5.74, 6) is 2.66. The minimum Gasteiger partial charge on any atom is -0.467 e. The third-order valence-corrected chi connectivity index (χ3v) is 8.20. The Morgan fingerprint density at radius 1 is 0.622 bits per heavy atom. The number of hydrogen-bond donors (Lipinski definition) is 3. The van der Waals surface area contributed by atoms with E-state index < -0.39 is 0 Å². The van der Waals surface area contributed by atoms with Gasteiger partial charge in [-0.15, -0.1) is 0 Å². The van der Waals surface area contributed by atoms with Gasteiger partial charge >= 0.3 is 0 Å². The molecule has 1 fully saturated rings. The molecule has 1 aliphatic rings. The third kappa shape index (κ3) is 11.3. The van der Waals surface area contributed by atoms with Crippen LogP contribution in [0, 0.1) is 0 Å². The van der Waals surface area contributed by atoms with Crippen molar-refractivity contribution in [3.05, 3.63) is 89.0 Å². The van der Waals surface area contributed by atoms with E-state index in [1.54, 1.807) is 21.3 Å². The predicted molar refractivity (Wildman–Crippen MR) is 172 cm³/mol. The minimum absolute atomic E-state index is 0.229. The van der Waals surface area contributed by atoms with Crippen LogP contribution in [-0.2, 0) is 40.3 Å². The molecular weight excluding hydrogens is 572 g/mol. The van der Waals surface area contributed by atoms with Crippen molar-refractivity contribution in [2.75, 3.05) is 87.5 Å². The first-order chi connectivity index (χ1) is 22.1. The van der Waals surface area contributed by atoms with E-state index in [0.717, 1.165) is 89.1 Å². The summed E-state index contributed by atoms with van der Waals surface area (Å²) in [6, 6.07) is 23.1. The van der Waals surface area contributed by atoms with Crippen LogP contribution in [0.4, 0.5) is 0 Å². The number of nitrogens with zero attached hydrogens (tertiary/aromatic N) is 1. The molecule has 10 heteroatoms. The normalized spacial score (nSPS) is 17.7. The molecule has 1 aliphatic heterocycles. The molecule has 3 aromatic carbocycles. The van der Waals surface area contributed by atoms with Crippen molar-refractivity contribution >= 4 is 0 Å². The fourth-order valence-corrected chi connectivity index (χ4v) is 5.84. The zero-order chi connectivity index (χ0) is 31.7. The van der Waals surface area contributed by atoms with E-state index in [1.807, 2.05) is 24.3 Å². The van der Waals surface area contributed by atoms with E-state index in [9.17, 15) is 0 Å². The average molecular weight is 626 g/mol. The first-order valence-electron chi connectivity index (χ1n) is 15.9. The summed E-state index contributed by atoms with van der Waals surface area (Å²) in [7, 11) is 4.96. The largest absolute Gasteiger partial charge is 0.467 e.